The van der Waals surface area contributed by atoms with Crippen molar-refractivity contribution in [3.05, 3.63) is 35.5 Å². The summed E-state index contributed by atoms with van der Waals surface area (Å²) >= 11 is 0. The zero-order chi connectivity index (χ0) is 22.4. The minimum atomic E-state index is -0.782. The predicted octanol–water partition coefficient (Wildman–Crippen LogP) is 1.62. The van der Waals surface area contributed by atoms with Crippen LogP contribution < -0.4 is 10.1 Å². The molecule has 0 aliphatic carbocycles. The molecule has 0 unspecified atom stereocenters. The summed E-state index contributed by atoms with van der Waals surface area (Å²) < 4.78 is 15.0. The van der Waals surface area contributed by atoms with Crippen molar-refractivity contribution in [3.63, 3.8) is 0 Å². The maximum absolute atomic E-state index is 12.2. The number of carbonyl (C=O) groups excluding carboxylic acids is 3. The normalized spacial score (nSPS) is 14.9. The van der Waals surface area contributed by atoms with Crippen LogP contribution in [-0.2, 0) is 23.9 Å². The Bertz CT molecular complexity index is 1090. The summed E-state index contributed by atoms with van der Waals surface area (Å²) in [4.78, 5) is 44.0. The number of nitrogens with zero attached hydrogens (tertiary/aromatic N) is 5. The first kappa shape index (κ1) is 21.5. The van der Waals surface area contributed by atoms with Crippen molar-refractivity contribution in [1.82, 2.24) is 0 Å². The van der Waals surface area contributed by atoms with Gasteiger partial charge in [-0.05, 0) is 29.8 Å². The Hall–Kier alpha value is -4.22. The quantitative estimate of drug-likeness (QED) is 0.489. The second kappa shape index (κ2) is 9.52. The average molecular weight is 426 g/mol. The molecule has 0 saturated carbocycles. The number of hydrogen-bond donors (Lipinski definition) is 1. The summed E-state index contributed by atoms with van der Waals surface area (Å²) in [6.45, 7) is 2.36. The van der Waals surface area contributed by atoms with E-state index in [0.717, 1.165) is 12.5 Å². The summed E-state index contributed by atoms with van der Waals surface area (Å²) in [5.41, 5.74) is 0.544. The van der Waals surface area contributed by atoms with Gasteiger partial charge in [-0.3, -0.25) is 4.79 Å². The molecule has 0 bridgehead atoms. The van der Waals surface area contributed by atoms with E-state index in [9.17, 15) is 14.4 Å². The van der Waals surface area contributed by atoms with Gasteiger partial charge in [-0.25, -0.2) is 14.6 Å². The van der Waals surface area contributed by atoms with Gasteiger partial charge in [-0.1, -0.05) is 6.92 Å². The van der Waals surface area contributed by atoms with Gasteiger partial charge in [0.1, 0.15) is 11.4 Å². The van der Waals surface area contributed by atoms with E-state index >= 15 is 0 Å². The number of fused-ring (bicyclic) bond motifs is 1. The highest BCUT2D eigenvalue weighted by molar-refractivity contribution is 6.69. The highest BCUT2D eigenvalue weighted by atomic mass is 16.5. The number of aliphatic imine (C=N–C) groups is 2. The van der Waals surface area contributed by atoms with Gasteiger partial charge in [0.25, 0.3) is 0 Å². The lowest BCUT2D eigenvalue weighted by Gasteiger charge is -2.15. The molecular formula is C19H18N6O6. The molecule has 0 spiro atoms. The molecule has 2 heterocycles. The Morgan fingerprint density at radius 1 is 1.13 bits per heavy atom. The first-order valence-electron chi connectivity index (χ1n) is 9.09. The number of benzene rings is 1. The number of amides is 1. The van der Waals surface area contributed by atoms with E-state index < -0.39 is 17.8 Å². The third-order valence-corrected chi connectivity index (χ3v) is 3.95. The molecule has 12 nitrogen and oxygen atoms in total. The Labute approximate surface area is 176 Å². The first-order chi connectivity index (χ1) is 15.0. The fraction of sp³-hybridized carbons (Fsp3) is 0.263. The lowest BCUT2D eigenvalue weighted by molar-refractivity contribution is -0.138. The number of rotatable bonds is 8. The number of amidine groups is 2. The van der Waals surface area contributed by atoms with Crippen molar-refractivity contribution < 1.29 is 28.6 Å². The molecule has 1 aromatic carbocycles. The molecule has 0 saturated heterocycles. The van der Waals surface area contributed by atoms with Gasteiger partial charge in [0, 0.05) is 5.69 Å². The van der Waals surface area contributed by atoms with Gasteiger partial charge in [0.2, 0.25) is 11.5 Å². The van der Waals surface area contributed by atoms with E-state index in [2.05, 4.69) is 40.2 Å². The number of hydrogen-bond acceptors (Lipinski definition) is 11. The number of carbonyl (C=O) groups is 3. The third kappa shape index (κ3) is 4.86. The predicted molar refractivity (Wildman–Crippen MR) is 109 cm³/mol. The van der Waals surface area contributed by atoms with Crippen LogP contribution in [0.3, 0.4) is 0 Å². The lowest BCUT2D eigenvalue weighted by Crippen LogP contribution is -2.26. The van der Waals surface area contributed by atoms with Gasteiger partial charge in [0.05, 0.1) is 32.5 Å². The van der Waals surface area contributed by atoms with Crippen LogP contribution in [0.5, 0.6) is 5.75 Å². The molecule has 2 aliphatic rings. The molecular weight excluding hydrogens is 408 g/mol. The minimum absolute atomic E-state index is 0.0388. The number of nitrogens with one attached hydrogen (secondary N) is 1. The van der Waals surface area contributed by atoms with Crippen LogP contribution in [0.1, 0.15) is 18.9 Å². The van der Waals surface area contributed by atoms with E-state index in [1.807, 2.05) is 6.92 Å². The van der Waals surface area contributed by atoms with Crippen molar-refractivity contribution in [1.29, 1.82) is 0 Å². The SMILES string of the molecule is CCCOc1ccc(N/C(=C\C(=O)OC)C(=O)OC)cc1C1=NC(=O)C2=NN=NC2=N1. The summed E-state index contributed by atoms with van der Waals surface area (Å²) in [6, 6.07) is 4.79. The average Bonchev–Trinajstić information content (AvgIpc) is 3.26. The van der Waals surface area contributed by atoms with E-state index in [0.29, 0.717) is 23.6 Å². The van der Waals surface area contributed by atoms with Crippen LogP contribution in [0.2, 0.25) is 0 Å². The zero-order valence-electron chi connectivity index (χ0n) is 16.9. The fourth-order valence-corrected chi connectivity index (χ4v) is 2.52. The molecule has 0 aromatic heterocycles. The molecule has 0 radical (unpaired) electrons. The van der Waals surface area contributed by atoms with Gasteiger partial charge in [0.15, 0.2) is 5.84 Å². The standard InChI is InChI=1S/C19H18N6O6/c1-4-7-31-13-6-5-10(20-12(19(28)30-3)9-14(26)29-2)8-11(13)16-21-17-15(18(27)22-16)23-25-24-17/h5-6,8-9,20H,4,7H2,1-3H3/b12-9-. The van der Waals surface area contributed by atoms with Gasteiger partial charge >= 0.3 is 17.8 Å². The third-order valence-electron chi connectivity index (χ3n) is 3.95. The largest absolute Gasteiger partial charge is 0.493 e. The molecule has 31 heavy (non-hydrogen) atoms. The second-order valence-electron chi connectivity index (χ2n) is 6.07. The van der Waals surface area contributed by atoms with Crippen molar-refractivity contribution >= 4 is 40.9 Å². The van der Waals surface area contributed by atoms with Crippen LogP contribution in [0.15, 0.2) is 55.4 Å². The van der Waals surface area contributed by atoms with Crippen LogP contribution >= 0.6 is 0 Å². The Morgan fingerprint density at radius 3 is 2.65 bits per heavy atom. The highest BCUT2D eigenvalue weighted by Crippen LogP contribution is 2.27. The molecule has 0 fully saturated rings. The number of esters is 2. The van der Waals surface area contributed by atoms with Gasteiger partial charge in [-0.2, -0.15) is 4.99 Å². The Kier molecular flexibility index (Phi) is 6.60. The summed E-state index contributed by atoms with van der Waals surface area (Å²) in [5.74, 6) is -1.65. The van der Waals surface area contributed by atoms with Gasteiger partial charge < -0.3 is 19.5 Å². The minimum Gasteiger partial charge on any atom is -0.493 e. The number of anilines is 1. The lowest BCUT2D eigenvalue weighted by atomic mass is 10.1. The maximum atomic E-state index is 12.2. The topological polar surface area (TPSA) is 153 Å². The monoisotopic (exact) mass is 426 g/mol. The molecule has 1 N–H and O–H groups in total. The van der Waals surface area contributed by atoms with E-state index in [4.69, 9.17) is 4.74 Å². The Morgan fingerprint density at radius 2 is 1.94 bits per heavy atom. The van der Waals surface area contributed by atoms with Crippen molar-refractivity contribution in [2.45, 2.75) is 13.3 Å². The molecule has 3 rings (SSSR count). The van der Waals surface area contributed by atoms with Crippen LogP contribution in [0.4, 0.5) is 5.69 Å². The van der Waals surface area contributed by atoms with E-state index in [1.165, 1.54) is 14.2 Å². The molecule has 12 heteroatoms. The second-order valence-corrected chi connectivity index (χ2v) is 6.07. The van der Waals surface area contributed by atoms with Crippen molar-refractivity contribution in [2.24, 2.45) is 25.4 Å². The Balaban J connectivity index is 2.01. The summed E-state index contributed by atoms with van der Waals surface area (Å²) in [5, 5.41) is 13.5. The van der Waals surface area contributed by atoms with Crippen LogP contribution in [-0.4, -0.2) is 56.1 Å². The van der Waals surface area contributed by atoms with Crippen molar-refractivity contribution in [3.8, 4) is 5.75 Å². The smallest absolute Gasteiger partial charge is 0.354 e. The molecule has 1 aromatic rings. The number of ether oxygens (including phenoxy) is 3. The summed E-state index contributed by atoms with van der Waals surface area (Å²) in [7, 11) is 2.36. The summed E-state index contributed by atoms with van der Waals surface area (Å²) in [6.07, 6.45) is 1.70. The van der Waals surface area contributed by atoms with Gasteiger partial charge in [-0.15, -0.1) is 10.2 Å². The maximum Gasteiger partial charge on any atom is 0.354 e. The molecule has 160 valence electrons. The van der Waals surface area contributed by atoms with Crippen LogP contribution in [0.25, 0.3) is 0 Å². The van der Waals surface area contributed by atoms with E-state index in [-0.39, 0.29) is 23.1 Å². The van der Waals surface area contributed by atoms with Crippen molar-refractivity contribution in [2.75, 3.05) is 26.1 Å². The van der Waals surface area contributed by atoms with Crippen LogP contribution in [0, 0.1) is 0 Å². The molecule has 0 atom stereocenters. The van der Waals surface area contributed by atoms with E-state index in [1.54, 1.807) is 18.2 Å². The zero-order valence-corrected chi connectivity index (χ0v) is 16.9. The molecule has 1 amide bonds. The molecule has 2 aliphatic heterocycles. The first-order valence-corrected chi connectivity index (χ1v) is 9.09. The highest BCUT2D eigenvalue weighted by Gasteiger charge is 2.29. The fourth-order valence-electron chi connectivity index (χ4n) is 2.52. The number of methoxy groups -OCH3 is 2.